The van der Waals surface area contributed by atoms with Gasteiger partial charge in [-0.1, -0.05) is 0 Å². The molecule has 14 heavy (non-hydrogen) atoms. The van der Waals surface area contributed by atoms with Crippen molar-refractivity contribution in [3.8, 4) is 0 Å². The van der Waals surface area contributed by atoms with E-state index in [1.807, 2.05) is 11.9 Å². The van der Waals surface area contributed by atoms with E-state index in [1.54, 1.807) is 0 Å². The Hall–Kier alpha value is -0.610. The molecule has 1 amide bonds. The summed E-state index contributed by atoms with van der Waals surface area (Å²) in [5.41, 5.74) is 6.00. The number of likely N-dealkylation sites (N-methyl/N-ethyl adjacent to an activating group) is 1. The molecule has 4 unspecified atom stereocenters. The van der Waals surface area contributed by atoms with Gasteiger partial charge in [-0.15, -0.1) is 0 Å². The second-order valence-corrected chi connectivity index (χ2v) is 4.90. The van der Waals surface area contributed by atoms with Crippen molar-refractivity contribution in [1.82, 2.24) is 9.80 Å². The van der Waals surface area contributed by atoms with Gasteiger partial charge in [0.25, 0.3) is 0 Å². The topological polar surface area (TPSA) is 49.6 Å². The smallest absolute Gasteiger partial charge is 0.239 e. The van der Waals surface area contributed by atoms with Gasteiger partial charge in [-0.05, 0) is 18.8 Å². The Kier molecular flexibility index (Phi) is 1.67. The number of carbonyl (C=O) groups excluding carboxylic acids is 1. The van der Waals surface area contributed by atoms with Crippen LogP contribution in [0.3, 0.4) is 0 Å². The molecule has 0 aromatic carbocycles. The Balaban J connectivity index is 1.75. The molecule has 0 spiro atoms. The van der Waals surface area contributed by atoms with E-state index >= 15 is 0 Å². The summed E-state index contributed by atoms with van der Waals surface area (Å²) in [6, 6.07) is 0.984. The third-order valence-electron chi connectivity index (χ3n) is 4.20. The van der Waals surface area contributed by atoms with Crippen molar-refractivity contribution in [3.05, 3.63) is 0 Å². The molecule has 3 aliphatic heterocycles. The number of amides is 1. The van der Waals surface area contributed by atoms with Crippen molar-refractivity contribution in [2.45, 2.75) is 31.0 Å². The van der Waals surface area contributed by atoms with Gasteiger partial charge in [-0.3, -0.25) is 9.69 Å². The van der Waals surface area contributed by atoms with Crippen molar-refractivity contribution in [1.29, 1.82) is 0 Å². The fourth-order valence-electron chi connectivity index (χ4n) is 3.17. The summed E-state index contributed by atoms with van der Waals surface area (Å²) in [5.74, 6) is 0.962. The number of nitrogens with zero attached hydrogens (tertiary/aromatic N) is 2. The van der Waals surface area contributed by atoms with Crippen LogP contribution in [0.15, 0.2) is 0 Å². The van der Waals surface area contributed by atoms with E-state index in [9.17, 15) is 4.79 Å². The molecule has 2 bridgehead atoms. The van der Waals surface area contributed by atoms with Crippen molar-refractivity contribution < 1.29 is 4.79 Å². The molecule has 78 valence electrons. The first-order valence-corrected chi connectivity index (χ1v) is 5.45. The summed E-state index contributed by atoms with van der Waals surface area (Å²) < 4.78 is 0. The third-order valence-corrected chi connectivity index (χ3v) is 4.20. The Morgan fingerprint density at radius 3 is 2.71 bits per heavy atom. The van der Waals surface area contributed by atoms with Crippen LogP contribution >= 0.6 is 0 Å². The molecule has 3 saturated heterocycles. The van der Waals surface area contributed by atoms with Gasteiger partial charge in [0, 0.05) is 32.2 Å². The highest BCUT2D eigenvalue weighted by Crippen LogP contribution is 2.42. The van der Waals surface area contributed by atoms with Crippen LogP contribution in [0.4, 0.5) is 0 Å². The van der Waals surface area contributed by atoms with Gasteiger partial charge >= 0.3 is 0 Å². The molecule has 1 aliphatic carbocycles. The van der Waals surface area contributed by atoms with Crippen LogP contribution in [0, 0.1) is 5.92 Å². The van der Waals surface area contributed by atoms with Gasteiger partial charge in [-0.2, -0.15) is 0 Å². The van der Waals surface area contributed by atoms with Crippen molar-refractivity contribution >= 4 is 5.91 Å². The molecule has 1 saturated carbocycles. The fraction of sp³-hybridized carbons (Fsp3) is 0.900. The number of fused-ring (bicyclic) bond motifs is 1. The number of likely N-dealkylation sites (tertiary alicyclic amines) is 1. The highest BCUT2D eigenvalue weighted by atomic mass is 16.2. The molecule has 4 atom stereocenters. The van der Waals surface area contributed by atoms with E-state index in [2.05, 4.69) is 4.90 Å². The Morgan fingerprint density at radius 2 is 2.29 bits per heavy atom. The molecule has 4 fully saturated rings. The zero-order valence-electron chi connectivity index (χ0n) is 8.52. The number of hydrogen-bond acceptors (Lipinski definition) is 3. The Morgan fingerprint density at radius 1 is 1.50 bits per heavy atom. The molecule has 2 N–H and O–H groups in total. The second-order valence-electron chi connectivity index (χ2n) is 4.90. The van der Waals surface area contributed by atoms with Gasteiger partial charge in [0.15, 0.2) is 0 Å². The lowest BCUT2D eigenvalue weighted by molar-refractivity contribution is -0.131. The van der Waals surface area contributed by atoms with E-state index in [0.717, 1.165) is 19.5 Å². The molecule has 4 aliphatic rings. The van der Waals surface area contributed by atoms with Crippen LogP contribution in [-0.4, -0.2) is 54.0 Å². The maximum absolute atomic E-state index is 11.8. The first kappa shape index (κ1) is 8.68. The summed E-state index contributed by atoms with van der Waals surface area (Å²) in [7, 11) is 1.89. The van der Waals surface area contributed by atoms with Crippen LogP contribution in [0.1, 0.15) is 12.8 Å². The molecule has 0 radical (unpaired) electrons. The maximum Gasteiger partial charge on any atom is 0.239 e. The van der Waals surface area contributed by atoms with E-state index in [-0.39, 0.29) is 6.04 Å². The quantitative estimate of drug-likeness (QED) is 0.599. The lowest BCUT2D eigenvalue weighted by Crippen LogP contribution is -2.52. The summed E-state index contributed by atoms with van der Waals surface area (Å²) in [4.78, 5) is 16.0. The highest BCUT2D eigenvalue weighted by molar-refractivity contribution is 5.83. The minimum absolute atomic E-state index is 0.142. The normalized spacial score (nSPS) is 47.3. The second kappa shape index (κ2) is 2.70. The van der Waals surface area contributed by atoms with Gasteiger partial charge in [-0.25, -0.2) is 0 Å². The molecule has 0 aromatic heterocycles. The summed E-state index contributed by atoms with van der Waals surface area (Å²) in [5, 5.41) is 0. The minimum Gasteiger partial charge on any atom is -0.344 e. The predicted octanol–water partition coefficient (Wildman–Crippen LogP) is -0.751. The molecule has 4 nitrogen and oxygen atoms in total. The lowest BCUT2D eigenvalue weighted by Gasteiger charge is -2.35. The predicted molar refractivity (Wildman–Crippen MR) is 52.6 cm³/mol. The van der Waals surface area contributed by atoms with Crippen LogP contribution in [0.2, 0.25) is 0 Å². The van der Waals surface area contributed by atoms with Crippen molar-refractivity contribution in [2.75, 3.05) is 20.1 Å². The molecular weight excluding hydrogens is 178 g/mol. The van der Waals surface area contributed by atoms with Gasteiger partial charge in [0.1, 0.15) is 0 Å². The Bertz CT molecular complexity index is 281. The molecule has 4 heteroatoms. The van der Waals surface area contributed by atoms with Gasteiger partial charge in [0.05, 0.1) is 6.04 Å². The number of nitrogens with two attached hydrogens (primary N) is 1. The summed E-state index contributed by atoms with van der Waals surface area (Å²) >= 11 is 0. The van der Waals surface area contributed by atoms with E-state index in [0.29, 0.717) is 23.9 Å². The van der Waals surface area contributed by atoms with Crippen LogP contribution in [0.25, 0.3) is 0 Å². The zero-order valence-corrected chi connectivity index (χ0v) is 8.52. The highest BCUT2D eigenvalue weighted by Gasteiger charge is 2.54. The van der Waals surface area contributed by atoms with Crippen LogP contribution in [0.5, 0.6) is 0 Å². The standard InChI is InChI=1S/C10H17N3O/c1-12-3-2-7(10(12)14)13-5-6-4-8(13)9(6)11/h6-9H,2-5,11H2,1H3. The monoisotopic (exact) mass is 195 g/mol. The number of hydrogen-bond donors (Lipinski definition) is 1. The van der Waals surface area contributed by atoms with Crippen molar-refractivity contribution in [3.63, 3.8) is 0 Å². The molecular formula is C10H17N3O. The largest absolute Gasteiger partial charge is 0.344 e. The first-order chi connectivity index (χ1) is 6.68. The zero-order chi connectivity index (χ0) is 9.87. The summed E-state index contributed by atoms with van der Waals surface area (Å²) in [6.07, 6.45) is 2.21. The van der Waals surface area contributed by atoms with Gasteiger partial charge in [0.2, 0.25) is 5.91 Å². The third kappa shape index (κ3) is 0.929. The van der Waals surface area contributed by atoms with Crippen LogP contribution < -0.4 is 5.73 Å². The number of carbonyl (C=O) groups is 1. The average molecular weight is 195 g/mol. The Labute approximate surface area is 84.0 Å². The fourth-order valence-corrected chi connectivity index (χ4v) is 3.17. The van der Waals surface area contributed by atoms with E-state index < -0.39 is 0 Å². The van der Waals surface area contributed by atoms with Gasteiger partial charge < -0.3 is 10.6 Å². The minimum atomic E-state index is 0.142. The maximum atomic E-state index is 11.8. The summed E-state index contributed by atoms with van der Waals surface area (Å²) in [6.45, 7) is 1.96. The first-order valence-electron chi connectivity index (χ1n) is 5.45. The van der Waals surface area contributed by atoms with E-state index in [1.165, 1.54) is 6.42 Å². The van der Waals surface area contributed by atoms with E-state index in [4.69, 9.17) is 5.73 Å². The molecule has 0 aromatic rings. The lowest BCUT2D eigenvalue weighted by atomic mass is 9.81. The molecule has 4 rings (SSSR count). The SMILES string of the molecule is CN1CCC(N2CC3CC2C3N)C1=O. The number of rotatable bonds is 1. The average Bonchev–Trinajstić information content (AvgIpc) is 2.80. The van der Waals surface area contributed by atoms with Crippen LogP contribution in [-0.2, 0) is 4.79 Å². The van der Waals surface area contributed by atoms with Crippen molar-refractivity contribution in [2.24, 2.45) is 11.7 Å². The molecule has 3 heterocycles.